The molecule has 0 radical (unpaired) electrons. The van der Waals surface area contributed by atoms with E-state index in [1.54, 1.807) is 11.9 Å². The second-order valence-corrected chi connectivity index (χ2v) is 5.57. The summed E-state index contributed by atoms with van der Waals surface area (Å²) in [5.74, 6) is 0.625. The quantitative estimate of drug-likeness (QED) is 0.654. The Bertz CT molecular complexity index is 250. The van der Waals surface area contributed by atoms with E-state index in [4.69, 9.17) is 0 Å². The lowest BCUT2D eigenvalue weighted by Crippen LogP contribution is -2.49. The lowest BCUT2D eigenvalue weighted by Gasteiger charge is -2.33. The zero-order chi connectivity index (χ0) is 11.5. The predicted octanol–water partition coefficient (Wildman–Crippen LogP) is 0.360. The van der Waals surface area contributed by atoms with Crippen LogP contribution in [0.25, 0.3) is 0 Å². The van der Waals surface area contributed by atoms with Crippen LogP contribution in [0, 0.1) is 5.92 Å². The molecular formula is C11H21N3OS. The van der Waals surface area contributed by atoms with Crippen molar-refractivity contribution in [2.75, 3.05) is 52.6 Å². The molecule has 0 unspecified atom stereocenters. The highest BCUT2D eigenvalue weighted by Gasteiger charge is 2.32. The SMILES string of the molecule is CSN1CC[C@@H](C(=O)N2CCN(C)CC2)C1. The van der Waals surface area contributed by atoms with Gasteiger partial charge >= 0.3 is 0 Å². The Morgan fingerprint density at radius 1 is 1.19 bits per heavy atom. The molecule has 4 nitrogen and oxygen atoms in total. The second-order valence-electron chi connectivity index (χ2n) is 4.68. The fourth-order valence-electron chi connectivity index (χ4n) is 2.38. The predicted molar refractivity (Wildman–Crippen MR) is 67.3 cm³/mol. The van der Waals surface area contributed by atoms with Crippen LogP contribution < -0.4 is 0 Å². The van der Waals surface area contributed by atoms with Crippen LogP contribution in [0.1, 0.15) is 6.42 Å². The first-order chi connectivity index (χ1) is 7.70. The molecule has 2 aliphatic heterocycles. The topological polar surface area (TPSA) is 26.8 Å². The van der Waals surface area contributed by atoms with Gasteiger partial charge in [0.2, 0.25) is 5.91 Å². The molecule has 0 aromatic heterocycles. The Kier molecular flexibility index (Phi) is 4.10. The monoisotopic (exact) mass is 243 g/mol. The van der Waals surface area contributed by atoms with E-state index in [-0.39, 0.29) is 5.92 Å². The molecule has 0 N–H and O–H groups in total. The average Bonchev–Trinajstić information content (AvgIpc) is 2.77. The maximum absolute atomic E-state index is 12.2. The van der Waals surface area contributed by atoms with Gasteiger partial charge in [-0.3, -0.25) is 9.10 Å². The highest BCUT2D eigenvalue weighted by Crippen LogP contribution is 2.23. The minimum Gasteiger partial charge on any atom is -0.340 e. The summed E-state index contributed by atoms with van der Waals surface area (Å²) in [4.78, 5) is 16.6. The van der Waals surface area contributed by atoms with Crippen LogP contribution >= 0.6 is 11.9 Å². The first-order valence-electron chi connectivity index (χ1n) is 5.97. The lowest BCUT2D eigenvalue weighted by molar-refractivity contribution is -0.136. The van der Waals surface area contributed by atoms with Gasteiger partial charge < -0.3 is 9.80 Å². The van der Waals surface area contributed by atoms with E-state index >= 15 is 0 Å². The van der Waals surface area contributed by atoms with Crippen molar-refractivity contribution in [3.63, 3.8) is 0 Å². The molecule has 0 spiro atoms. The Morgan fingerprint density at radius 2 is 1.88 bits per heavy atom. The fourth-order valence-corrected chi connectivity index (χ4v) is 3.00. The van der Waals surface area contributed by atoms with E-state index in [9.17, 15) is 4.79 Å². The van der Waals surface area contributed by atoms with E-state index < -0.39 is 0 Å². The zero-order valence-electron chi connectivity index (χ0n) is 10.2. The Morgan fingerprint density at radius 3 is 2.44 bits per heavy atom. The summed E-state index contributed by atoms with van der Waals surface area (Å²) in [5.41, 5.74) is 0. The van der Waals surface area contributed by atoms with Gasteiger partial charge in [-0.05, 0) is 19.7 Å². The first kappa shape index (κ1) is 12.2. The summed E-state index contributed by atoms with van der Waals surface area (Å²) in [6.07, 6.45) is 3.12. The fraction of sp³-hybridized carbons (Fsp3) is 0.909. The molecule has 1 amide bonds. The minimum atomic E-state index is 0.246. The van der Waals surface area contributed by atoms with Crippen LogP contribution in [0.5, 0.6) is 0 Å². The maximum atomic E-state index is 12.2. The molecule has 0 saturated carbocycles. The molecule has 0 aromatic rings. The molecule has 2 fully saturated rings. The molecular weight excluding hydrogens is 222 g/mol. The van der Waals surface area contributed by atoms with Crippen molar-refractivity contribution in [2.24, 2.45) is 5.92 Å². The van der Waals surface area contributed by atoms with Gasteiger partial charge in [-0.25, -0.2) is 0 Å². The number of amides is 1. The van der Waals surface area contributed by atoms with E-state index in [1.807, 2.05) is 0 Å². The van der Waals surface area contributed by atoms with Crippen LogP contribution in [-0.2, 0) is 4.79 Å². The summed E-state index contributed by atoms with van der Waals surface area (Å²) in [5, 5.41) is 0. The Balaban J connectivity index is 1.83. The van der Waals surface area contributed by atoms with Crippen LogP contribution in [-0.4, -0.2) is 72.6 Å². The molecule has 92 valence electrons. The van der Waals surface area contributed by atoms with E-state index in [1.165, 1.54) is 0 Å². The van der Waals surface area contributed by atoms with Crippen molar-refractivity contribution in [3.8, 4) is 0 Å². The Labute approximate surface area is 102 Å². The van der Waals surface area contributed by atoms with Crippen molar-refractivity contribution >= 4 is 17.9 Å². The van der Waals surface area contributed by atoms with Crippen molar-refractivity contribution in [1.82, 2.24) is 14.1 Å². The van der Waals surface area contributed by atoms with Crippen molar-refractivity contribution in [1.29, 1.82) is 0 Å². The van der Waals surface area contributed by atoms with Crippen molar-refractivity contribution < 1.29 is 4.79 Å². The van der Waals surface area contributed by atoms with Crippen molar-refractivity contribution in [2.45, 2.75) is 6.42 Å². The van der Waals surface area contributed by atoms with Gasteiger partial charge in [0, 0.05) is 39.3 Å². The second kappa shape index (κ2) is 5.38. The molecule has 2 aliphatic rings. The average molecular weight is 243 g/mol. The molecule has 0 aliphatic carbocycles. The van der Waals surface area contributed by atoms with Crippen LogP contribution in [0.15, 0.2) is 0 Å². The maximum Gasteiger partial charge on any atom is 0.227 e. The number of hydrogen-bond donors (Lipinski definition) is 0. The van der Waals surface area contributed by atoms with Gasteiger partial charge in [0.15, 0.2) is 0 Å². The standard InChI is InChI=1S/C11H21N3OS/c1-12-5-7-13(8-6-12)11(15)10-3-4-14(9-10)16-2/h10H,3-9H2,1-2H3/t10-/m1/s1. The van der Waals surface area contributed by atoms with E-state index in [2.05, 4.69) is 27.4 Å². The van der Waals surface area contributed by atoms with Gasteiger partial charge in [0.25, 0.3) is 0 Å². The van der Waals surface area contributed by atoms with Gasteiger partial charge in [0.05, 0.1) is 5.92 Å². The highest BCUT2D eigenvalue weighted by atomic mass is 32.2. The third-order valence-corrected chi connectivity index (χ3v) is 4.42. The van der Waals surface area contributed by atoms with E-state index in [0.717, 1.165) is 45.7 Å². The normalized spacial score (nSPS) is 28.6. The van der Waals surface area contributed by atoms with Crippen molar-refractivity contribution in [3.05, 3.63) is 0 Å². The summed E-state index contributed by atoms with van der Waals surface area (Å²) >= 11 is 1.75. The number of nitrogens with zero attached hydrogens (tertiary/aromatic N) is 3. The first-order valence-corrected chi connectivity index (χ1v) is 7.15. The third kappa shape index (κ3) is 2.70. The molecule has 2 rings (SSSR count). The largest absolute Gasteiger partial charge is 0.340 e. The van der Waals surface area contributed by atoms with Gasteiger partial charge in [0.1, 0.15) is 0 Å². The summed E-state index contributed by atoms with van der Waals surface area (Å²) in [7, 11) is 2.12. The number of carbonyl (C=O) groups excluding carboxylic acids is 1. The smallest absolute Gasteiger partial charge is 0.227 e. The Hall–Kier alpha value is -0.260. The molecule has 0 aromatic carbocycles. The summed E-state index contributed by atoms with van der Waals surface area (Å²) in [6, 6.07) is 0. The summed E-state index contributed by atoms with van der Waals surface area (Å²) < 4.78 is 2.29. The zero-order valence-corrected chi connectivity index (χ0v) is 11.0. The highest BCUT2D eigenvalue weighted by molar-refractivity contribution is 7.96. The molecule has 0 bridgehead atoms. The molecule has 1 atom stereocenters. The van der Waals surface area contributed by atoms with Crippen LogP contribution in [0.4, 0.5) is 0 Å². The molecule has 16 heavy (non-hydrogen) atoms. The number of hydrogen-bond acceptors (Lipinski definition) is 4. The van der Waals surface area contributed by atoms with Gasteiger partial charge in [-0.15, -0.1) is 0 Å². The number of likely N-dealkylation sites (N-methyl/N-ethyl adjacent to an activating group) is 1. The number of rotatable bonds is 2. The molecule has 2 saturated heterocycles. The molecule has 5 heteroatoms. The van der Waals surface area contributed by atoms with Gasteiger partial charge in [-0.2, -0.15) is 0 Å². The number of piperazine rings is 1. The van der Waals surface area contributed by atoms with Crippen LogP contribution in [0.3, 0.4) is 0 Å². The van der Waals surface area contributed by atoms with Crippen LogP contribution in [0.2, 0.25) is 0 Å². The molecule has 2 heterocycles. The number of carbonyl (C=O) groups is 1. The van der Waals surface area contributed by atoms with E-state index in [0.29, 0.717) is 5.91 Å². The lowest BCUT2D eigenvalue weighted by atomic mass is 10.1. The minimum absolute atomic E-state index is 0.246. The summed E-state index contributed by atoms with van der Waals surface area (Å²) in [6.45, 7) is 5.85. The van der Waals surface area contributed by atoms with Gasteiger partial charge in [-0.1, -0.05) is 11.9 Å². The third-order valence-electron chi connectivity index (χ3n) is 3.57.